The number of fused-ring (bicyclic) bond motifs is 7. The maximum atomic E-state index is 10.9. The molecule has 2 unspecified atom stereocenters. The lowest BCUT2D eigenvalue weighted by Gasteiger charge is -2.71. The smallest absolute Gasteiger partial charge is 0.0594 e. The minimum absolute atomic E-state index is 0.0417. The second-order valence-corrected chi connectivity index (χ2v) is 14.2. The Labute approximate surface area is 192 Å². The van der Waals surface area contributed by atoms with E-state index < -0.39 is 0 Å². The highest BCUT2D eigenvalue weighted by molar-refractivity contribution is 5.35. The zero-order chi connectivity index (χ0) is 22.6. The molecule has 5 rings (SSSR count). The van der Waals surface area contributed by atoms with Crippen LogP contribution >= 0.6 is 0 Å². The summed E-state index contributed by atoms with van der Waals surface area (Å²) in [5.41, 5.74) is 4.88. The highest BCUT2D eigenvalue weighted by Gasteiger charge is 2.67. The molecule has 4 saturated carbocycles. The van der Waals surface area contributed by atoms with Crippen molar-refractivity contribution in [3.8, 4) is 0 Å². The van der Waals surface area contributed by atoms with Gasteiger partial charge in [-0.2, -0.15) is 0 Å². The molecule has 0 aliphatic heterocycles. The van der Waals surface area contributed by atoms with Crippen LogP contribution in [0.25, 0.3) is 0 Å². The molecule has 9 atom stereocenters. The molecule has 174 valence electrons. The van der Waals surface area contributed by atoms with Gasteiger partial charge in [0.1, 0.15) is 0 Å². The van der Waals surface area contributed by atoms with Crippen molar-refractivity contribution in [1.82, 2.24) is 0 Å². The molecule has 0 amide bonds. The predicted octanol–water partition coefficient (Wildman–Crippen LogP) is 7.94. The summed E-state index contributed by atoms with van der Waals surface area (Å²) >= 11 is 0. The summed E-state index contributed by atoms with van der Waals surface area (Å²) in [7, 11) is 0. The lowest BCUT2D eigenvalue weighted by Crippen LogP contribution is -2.64. The van der Waals surface area contributed by atoms with Crippen LogP contribution in [0.15, 0.2) is 23.8 Å². The molecule has 5 aliphatic rings. The number of aliphatic hydroxyl groups excluding tert-OH is 1. The summed E-state index contributed by atoms with van der Waals surface area (Å²) in [6.45, 7) is 22.3. The van der Waals surface area contributed by atoms with Gasteiger partial charge in [0, 0.05) is 0 Å². The second-order valence-electron chi connectivity index (χ2n) is 14.2. The Hall–Kier alpha value is -0.560. The Balaban J connectivity index is 1.60. The van der Waals surface area contributed by atoms with E-state index in [1.54, 1.807) is 0 Å². The fraction of sp³-hybridized carbons (Fsp3) is 0.867. The summed E-state index contributed by atoms with van der Waals surface area (Å²) < 4.78 is 0. The Bertz CT molecular complexity index is 820. The molecular formula is C30H48O. The van der Waals surface area contributed by atoms with Crippen LogP contribution in [-0.2, 0) is 0 Å². The quantitative estimate of drug-likeness (QED) is 0.391. The summed E-state index contributed by atoms with van der Waals surface area (Å²) in [6.07, 6.45) is 14.0. The average molecular weight is 425 g/mol. The molecule has 4 fully saturated rings. The fourth-order valence-corrected chi connectivity index (χ4v) is 10.6. The Morgan fingerprint density at radius 2 is 1.61 bits per heavy atom. The topological polar surface area (TPSA) is 20.2 Å². The SMILES string of the molecule is C=C1CC[C@]2(C)CC[C@]3(C)C(=CCC4[C@@]5(C)CC[C@@H](O)C(C)(C)C5CC[C@]43C)[C@H]2[C@@H]1C. The van der Waals surface area contributed by atoms with Crippen molar-refractivity contribution in [2.75, 3.05) is 0 Å². The van der Waals surface area contributed by atoms with E-state index in [-0.39, 0.29) is 11.5 Å². The van der Waals surface area contributed by atoms with Crippen molar-refractivity contribution in [1.29, 1.82) is 0 Å². The lowest BCUT2D eigenvalue weighted by atomic mass is 9.33. The van der Waals surface area contributed by atoms with Crippen molar-refractivity contribution in [2.45, 2.75) is 112 Å². The Kier molecular flexibility index (Phi) is 4.68. The Morgan fingerprint density at radius 3 is 2.32 bits per heavy atom. The molecule has 0 heterocycles. The van der Waals surface area contributed by atoms with Gasteiger partial charge in [-0.1, -0.05) is 72.3 Å². The van der Waals surface area contributed by atoms with Gasteiger partial charge in [0.25, 0.3) is 0 Å². The monoisotopic (exact) mass is 424 g/mol. The molecule has 1 nitrogen and oxygen atoms in total. The van der Waals surface area contributed by atoms with Crippen molar-refractivity contribution < 1.29 is 5.11 Å². The average Bonchev–Trinajstić information content (AvgIpc) is 2.69. The molecule has 0 aromatic heterocycles. The van der Waals surface area contributed by atoms with E-state index in [2.05, 4.69) is 61.1 Å². The fourth-order valence-electron chi connectivity index (χ4n) is 10.6. The first kappa shape index (κ1) is 22.2. The highest BCUT2D eigenvalue weighted by atomic mass is 16.3. The van der Waals surface area contributed by atoms with Crippen LogP contribution in [0.2, 0.25) is 0 Å². The summed E-state index contributed by atoms with van der Waals surface area (Å²) in [5, 5.41) is 10.9. The van der Waals surface area contributed by atoms with Gasteiger partial charge in [-0.05, 0) is 109 Å². The standard InChI is InChI=1S/C30H48O/c1-19-11-14-27(5)17-18-29(7)21(25(27)20(19)2)9-10-23-28(6)15-13-24(31)26(3,4)22(28)12-16-30(23,29)8/h9,20,22-25,31H,1,10-18H2,2-8H3/t20-,22?,23?,24-,25-,27-,28+,29-,30-/m1/s1. The van der Waals surface area contributed by atoms with Gasteiger partial charge in [-0.25, -0.2) is 0 Å². The summed E-state index contributed by atoms with van der Waals surface area (Å²) in [4.78, 5) is 0. The third-order valence-electron chi connectivity index (χ3n) is 12.9. The van der Waals surface area contributed by atoms with Crippen LogP contribution in [0, 0.1) is 50.7 Å². The number of hydrogen-bond donors (Lipinski definition) is 1. The van der Waals surface area contributed by atoms with Crippen molar-refractivity contribution in [3.05, 3.63) is 23.8 Å². The molecule has 0 aromatic carbocycles. The van der Waals surface area contributed by atoms with Gasteiger partial charge < -0.3 is 5.11 Å². The van der Waals surface area contributed by atoms with E-state index in [1.165, 1.54) is 56.9 Å². The molecule has 0 saturated heterocycles. The maximum Gasteiger partial charge on any atom is 0.0594 e. The zero-order valence-electron chi connectivity index (χ0n) is 21.5. The number of aliphatic hydroxyl groups is 1. The van der Waals surface area contributed by atoms with Crippen LogP contribution in [-0.4, -0.2) is 11.2 Å². The molecule has 0 radical (unpaired) electrons. The van der Waals surface area contributed by atoms with E-state index in [1.807, 2.05) is 5.57 Å². The first-order chi connectivity index (χ1) is 14.3. The Morgan fingerprint density at radius 1 is 0.903 bits per heavy atom. The first-order valence-electron chi connectivity index (χ1n) is 13.4. The number of allylic oxidation sites excluding steroid dienone is 3. The number of rotatable bonds is 0. The van der Waals surface area contributed by atoms with E-state index >= 15 is 0 Å². The largest absolute Gasteiger partial charge is 0.393 e. The summed E-state index contributed by atoms with van der Waals surface area (Å²) in [5.74, 6) is 2.70. The molecular weight excluding hydrogens is 376 g/mol. The van der Waals surface area contributed by atoms with Crippen molar-refractivity contribution >= 4 is 0 Å². The van der Waals surface area contributed by atoms with E-state index in [9.17, 15) is 5.11 Å². The van der Waals surface area contributed by atoms with Gasteiger partial charge >= 0.3 is 0 Å². The zero-order valence-corrected chi connectivity index (χ0v) is 21.5. The van der Waals surface area contributed by atoms with Gasteiger partial charge in [-0.15, -0.1) is 0 Å². The van der Waals surface area contributed by atoms with E-state index in [0.29, 0.717) is 39.4 Å². The molecule has 0 bridgehead atoms. The minimum Gasteiger partial charge on any atom is -0.393 e. The van der Waals surface area contributed by atoms with Crippen LogP contribution in [0.5, 0.6) is 0 Å². The van der Waals surface area contributed by atoms with Crippen LogP contribution in [0.4, 0.5) is 0 Å². The maximum absolute atomic E-state index is 10.9. The third kappa shape index (κ3) is 2.59. The molecule has 5 aliphatic carbocycles. The molecule has 1 N–H and O–H groups in total. The molecule has 0 aromatic rings. The van der Waals surface area contributed by atoms with Crippen molar-refractivity contribution in [3.63, 3.8) is 0 Å². The lowest BCUT2D eigenvalue weighted by molar-refractivity contribution is -0.202. The minimum atomic E-state index is -0.135. The normalized spacial score (nSPS) is 55.9. The van der Waals surface area contributed by atoms with Crippen LogP contribution in [0.3, 0.4) is 0 Å². The molecule has 1 heteroatoms. The third-order valence-corrected chi connectivity index (χ3v) is 12.9. The van der Waals surface area contributed by atoms with Crippen LogP contribution in [0.1, 0.15) is 106 Å². The molecule has 31 heavy (non-hydrogen) atoms. The summed E-state index contributed by atoms with van der Waals surface area (Å²) in [6, 6.07) is 0. The molecule has 0 spiro atoms. The van der Waals surface area contributed by atoms with Gasteiger partial charge in [0.2, 0.25) is 0 Å². The van der Waals surface area contributed by atoms with Gasteiger partial charge in [-0.3, -0.25) is 0 Å². The van der Waals surface area contributed by atoms with Gasteiger partial charge in [0.05, 0.1) is 6.10 Å². The predicted molar refractivity (Wildman–Crippen MR) is 131 cm³/mol. The van der Waals surface area contributed by atoms with Gasteiger partial charge in [0.15, 0.2) is 0 Å². The number of hydrogen-bond acceptors (Lipinski definition) is 1. The highest BCUT2D eigenvalue weighted by Crippen LogP contribution is 2.75. The first-order valence-corrected chi connectivity index (χ1v) is 13.4. The van der Waals surface area contributed by atoms with E-state index in [4.69, 9.17) is 0 Å². The second kappa shape index (κ2) is 6.52. The van der Waals surface area contributed by atoms with Crippen molar-refractivity contribution in [2.24, 2.45) is 50.7 Å². The van der Waals surface area contributed by atoms with E-state index in [0.717, 1.165) is 12.3 Å². The van der Waals surface area contributed by atoms with Crippen LogP contribution < -0.4 is 0 Å².